The van der Waals surface area contributed by atoms with Crippen LogP contribution in [0.15, 0.2) is 17.6 Å². The van der Waals surface area contributed by atoms with Gasteiger partial charge in [0.2, 0.25) is 0 Å². The molecule has 15 heavy (non-hydrogen) atoms. The maximum absolute atomic E-state index is 5.72. The molecule has 0 saturated carbocycles. The number of nitrogens with one attached hydrogen (secondary N) is 1. The molecule has 1 atom stereocenters. The summed E-state index contributed by atoms with van der Waals surface area (Å²) in [7, 11) is 0. The highest BCUT2D eigenvalue weighted by atomic mass is 35.5. The Balaban J connectivity index is 1.79. The Labute approximate surface area is 99.0 Å². The van der Waals surface area contributed by atoms with E-state index >= 15 is 0 Å². The minimum absolute atomic E-state index is 0.596. The van der Waals surface area contributed by atoms with Crippen LogP contribution in [0.4, 0.5) is 0 Å². The van der Waals surface area contributed by atoms with Gasteiger partial charge in [-0.3, -0.25) is 0 Å². The highest BCUT2D eigenvalue weighted by Gasteiger charge is 2.13. The van der Waals surface area contributed by atoms with Crippen LogP contribution in [-0.2, 0) is 0 Å². The predicted molar refractivity (Wildman–Crippen MR) is 63.4 cm³/mol. The summed E-state index contributed by atoms with van der Waals surface area (Å²) in [4.78, 5) is 8.32. The normalized spacial score (nSPS) is 21.5. The van der Waals surface area contributed by atoms with E-state index in [4.69, 9.17) is 11.6 Å². The molecule has 2 rings (SSSR count). The molecule has 0 aliphatic carbocycles. The Hall–Kier alpha value is -0.320. The predicted octanol–water partition coefficient (Wildman–Crippen LogP) is 2.22. The molecule has 0 radical (unpaired) electrons. The second-order valence-electron chi connectivity index (χ2n) is 3.71. The van der Waals surface area contributed by atoms with Crippen LogP contribution in [0.1, 0.15) is 12.8 Å². The third-order valence-corrected chi connectivity index (χ3v) is 3.75. The number of aromatic nitrogens is 2. The molecule has 3 nitrogen and oxygen atoms in total. The quantitative estimate of drug-likeness (QED) is 0.653. The molecule has 0 unspecified atom stereocenters. The van der Waals surface area contributed by atoms with E-state index in [2.05, 4.69) is 15.3 Å². The Morgan fingerprint density at radius 2 is 2.27 bits per heavy atom. The van der Waals surface area contributed by atoms with Gasteiger partial charge in [0.05, 0.1) is 17.4 Å². The number of halogens is 1. The van der Waals surface area contributed by atoms with E-state index < -0.39 is 0 Å². The van der Waals surface area contributed by atoms with Crippen molar-refractivity contribution in [1.82, 2.24) is 15.3 Å². The van der Waals surface area contributed by atoms with Gasteiger partial charge in [-0.1, -0.05) is 23.4 Å². The molecule has 1 saturated heterocycles. The smallest absolute Gasteiger partial charge is 0.187 e. The zero-order chi connectivity index (χ0) is 10.5. The lowest BCUT2D eigenvalue weighted by atomic mass is 10.0. The van der Waals surface area contributed by atoms with Crippen molar-refractivity contribution < 1.29 is 0 Å². The van der Waals surface area contributed by atoms with Crippen LogP contribution in [-0.4, -0.2) is 28.8 Å². The molecule has 0 bridgehead atoms. The summed E-state index contributed by atoms with van der Waals surface area (Å²) in [5, 5.41) is 4.83. The first-order valence-corrected chi connectivity index (χ1v) is 6.52. The van der Waals surface area contributed by atoms with Gasteiger partial charge in [-0.25, -0.2) is 9.97 Å². The summed E-state index contributed by atoms with van der Waals surface area (Å²) in [6.07, 6.45) is 5.90. The zero-order valence-corrected chi connectivity index (χ0v) is 10.0. The highest BCUT2D eigenvalue weighted by molar-refractivity contribution is 7.99. The molecule has 1 fully saturated rings. The van der Waals surface area contributed by atoms with Crippen molar-refractivity contribution in [2.75, 3.05) is 18.8 Å². The van der Waals surface area contributed by atoms with Crippen LogP contribution in [0, 0.1) is 5.92 Å². The highest BCUT2D eigenvalue weighted by Crippen LogP contribution is 2.21. The molecule has 1 aliphatic heterocycles. The van der Waals surface area contributed by atoms with E-state index in [9.17, 15) is 0 Å². The van der Waals surface area contributed by atoms with Gasteiger partial charge in [0.25, 0.3) is 0 Å². The van der Waals surface area contributed by atoms with Gasteiger partial charge >= 0.3 is 0 Å². The average Bonchev–Trinajstić information content (AvgIpc) is 2.30. The van der Waals surface area contributed by atoms with Crippen LogP contribution in [0.25, 0.3) is 0 Å². The van der Waals surface area contributed by atoms with E-state index in [1.807, 2.05) is 0 Å². The number of nitrogens with zero attached hydrogens (tertiary/aromatic N) is 2. The summed E-state index contributed by atoms with van der Waals surface area (Å²) < 4.78 is 0. The molecular weight excluding hydrogens is 230 g/mol. The minimum Gasteiger partial charge on any atom is -0.316 e. The lowest BCUT2D eigenvalue weighted by molar-refractivity contribution is 0.410. The van der Waals surface area contributed by atoms with E-state index in [1.54, 1.807) is 24.2 Å². The van der Waals surface area contributed by atoms with Crippen molar-refractivity contribution in [3.63, 3.8) is 0 Å². The van der Waals surface area contributed by atoms with E-state index in [-0.39, 0.29) is 0 Å². The first-order chi connectivity index (χ1) is 7.34. The maximum Gasteiger partial charge on any atom is 0.187 e. The first-order valence-electron chi connectivity index (χ1n) is 5.15. The summed E-state index contributed by atoms with van der Waals surface area (Å²) in [6, 6.07) is 0. The van der Waals surface area contributed by atoms with Crippen LogP contribution in [0.3, 0.4) is 0 Å². The second-order valence-corrected chi connectivity index (χ2v) is 5.13. The maximum atomic E-state index is 5.72. The lowest BCUT2D eigenvalue weighted by Crippen LogP contribution is -2.30. The SMILES string of the molecule is Clc1cnc(SC[C@@H]2CCCNC2)nc1. The number of hydrogen-bond donors (Lipinski definition) is 1. The van der Waals surface area contributed by atoms with Crippen LogP contribution < -0.4 is 5.32 Å². The molecule has 2 heterocycles. The van der Waals surface area contributed by atoms with Crippen LogP contribution in [0.5, 0.6) is 0 Å². The molecule has 0 aromatic carbocycles. The van der Waals surface area contributed by atoms with Gasteiger partial charge in [-0.05, 0) is 31.8 Å². The average molecular weight is 244 g/mol. The van der Waals surface area contributed by atoms with Crippen molar-refractivity contribution >= 4 is 23.4 Å². The largest absolute Gasteiger partial charge is 0.316 e. The van der Waals surface area contributed by atoms with Gasteiger partial charge in [0.1, 0.15) is 0 Å². The fraction of sp³-hybridized carbons (Fsp3) is 0.600. The molecule has 1 N–H and O–H groups in total. The number of piperidine rings is 1. The number of hydrogen-bond acceptors (Lipinski definition) is 4. The fourth-order valence-corrected chi connectivity index (χ4v) is 2.65. The monoisotopic (exact) mass is 243 g/mol. The standard InChI is InChI=1S/C10H14ClN3S/c11-9-5-13-10(14-6-9)15-7-8-2-1-3-12-4-8/h5-6,8,12H,1-4,7H2/t8-/m1/s1. The van der Waals surface area contributed by atoms with E-state index in [1.165, 1.54) is 19.4 Å². The van der Waals surface area contributed by atoms with Crippen LogP contribution in [0.2, 0.25) is 5.02 Å². The Bertz CT molecular complexity index is 298. The fourth-order valence-electron chi connectivity index (χ4n) is 1.63. The molecule has 1 aromatic heterocycles. The third kappa shape index (κ3) is 3.63. The van der Waals surface area contributed by atoms with Gasteiger partial charge < -0.3 is 5.32 Å². The minimum atomic E-state index is 0.596. The van der Waals surface area contributed by atoms with E-state index in [0.29, 0.717) is 5.02 Å². The van der Waals surface area contributed by atoms with Crippen molar-refractivity contribution in [3.05, 3.63) is 17.4 Å². The van der Waals surface area contributed by atoms with Crippen molar-refractivity contribution in [1.29, 1.82) is 0 Å². The molecular formula is C10H14ClN3S. The summed E-state index contributed by atoms with van der Waals surface area (Å²) in [5.74, 6) is 1.84. The molecule has 0 amide bonds. The van der Waals surface area contributed by atoms with Gasteiger partial charge in [-0.2, -0.15) is 0 Å². The van der Waals surface area contributed by atoms with Crippen molar-refractivity contribution in [2.24, 2.45) is 5.92 Å². The molecule has 1 aliphatic rings. The Morgan fingerprint density at radius 3 is 2.93 bits per heavy atom. The van der Waals surface area contributed by atoms with Gasteiger partial charge in [-0.15, -0.1) is 0 Å². The first kappa shape index (κ1) is 11.2. The van der Waals surface area contributed by atoms with Gasteiger partial charge in [0.15, 0.2) is 5.16 Å². The topological polar surface area (TPSA) is 37.8 Å². The Kier molecular flexibility index (Phi) is 4.23. The molecule has 82 valence electrons. The zero-order valence-electron chi connectivity index (χ0n) is 8.45. The van der Waals surface area contributed by atoms with Crippen molar-refractivity contribution in [3.8, 4) is 0 Å². The molecule has 0 spiro atoms. The lowest BCUT2D eigenvalue weighted by Gasteiger charge is -2.21. The van der Waals surface area contributed by atoms with Crippen molar-refractivity contribution in [2.45, 2.75) is 18.0 Å². The number of thioether (sulfide) groups is 1. The molecule has 5 heteroatoms. The van der Waals surface area contributed by atoms with Crippen LogP contribution >= 0.6 is 23.4 Å². The van der Waals surface area contributed by atoms with E-state index in [0.717, 1.165) is 23.4 Å². The molecule has 1 aromatic rings. The number of rotatable bonds is 3. The second kappa shape index (κ2) is 5.68. The Morgan fingerprint density at radius 1 is 1.47 bits per heavy atom. The third-order valence-electron chi connectivity index (χ3n) is 2.44. The summed E-state index contributed by atoms with van der Waals surface area (Å²) in [5.41, 5.74) is 0. The summed E-state index contributed by atoms with van der Waals surface area (Å²) >= 11 is 7.43. The van der Waals surface area contributed by atoms with Gasteiger partial charge in [0, 0.05) is 5.75 Å². The summed E-state index contributed by atoms with van der Waals surface area (Å²) in [6.45, 7) is 2.29.